The minimum Gasteiger partial charge on any atom is -0.369 e. The molecule has 1 N–H and O–H groups in total. The fraction of sp³-hybridized carbons (Fsp3) is 0.385. The van der Waals surface area contributed by atoms with Gasteiger partial charge in [-0.3, -0.25) is 0 Å². The Balaban J connectivity index is 2.57. The van der Waals surface area contributed by atoms with E-state index in [1.54, 1.807) is 6.07 Å². The van der Waals surface area contributed by atoms with E-state index < -0.39 is 12.2 Å². The number of benzene rings is 1. The molecular weight excluding hydrogens is 236 g/mol. The molecule has 0 unspecified atom stereocenters. The van der Waals surface area contributed by atoms with Crippen LogP contribution >= 0.6 is 0 Å². The molecule has 5 heteroatoms. The normalized spacial score (nSPS) is 11.2. The molecule has 96 valence electrons. The van der Waals surface area contributed by atoms with E-state index in [1.165, 1.54) is 0 Å². The predicted octanol–water partition coefficient (Wildman–Crippen LogP) is 3.70. The number of hydrogen-bond acceptors (Lipinski definition) is 3. The zero-order valence-corrected chi connectivity index (χ0v) is 10.4. The molecule has 0 aliphatic heterocycles. The van der Waals surface area contributed by atoms with Crippen molar-refractivity contribution in [2.45, 2.75) is 26.7 Å². The van der Waals surface area contributed by atoms with Crippen LogP contribution in [0.5, 0.6) is 0 Å². The Bertz CT molecular complexity index is 555. The van der Waals surface area contributed by atoms with Crippen molar-refractivity contribution in [3.63, 3.8) is 0 Å². The first kappa shape index (κ1) is 12.7. The summed E-state index contributed by atoms with van der Waals surface area (Å²) in [6.45, 7) is 4.66. The Kier molecular flexibility index (Phi) is 3.69. The molecule has 0 radical (unpaired) electrons. The Morgan fingerprint density at radius 3 is 2.72 bits per heavy atom. The standard InChI is InChI=1S/C13H15F2N3/c1-3-6-16-12-9-7-8(2)4-5-10(9)17-13(18-12)11(14)15/h4-5,7,11H,3,6H2,1-2H3,(H,16,17,18). The van der Waals surface area contributed by atoms with Gasteiger partial charge < -0.3 is 5.32 Å². The lowest BCUT2D eigenvalue weighted by atomic mass is 10.1. The number of anilines is 1. The summed E-state index contributed by atoms with van der Waals surface area (Å²) in [5.41, 5.74) is 1.60. The quantitative estimate of drug-likeness (QED) is 0.900. The highest BCUT2D eigenvalue weighted by molar-refractivity contribution is 5.89. The number of rotatable bonds is 4. The van der Waals surface area contributed by atoms with Gasteiger partial charge in [0.2, 0.25) is 0 Å². The van der Waals surface area contributed by atoms with E-state index in [0.717, 1.165) is 17.4 Å². The van der Waals surface area contributed by atoms with Gasteiger partial charge >= 0.3 is 0 Å². The van der Waals surface area contributed by atoms with Crippen LogP contribution in [0.2, 0.25) is 0 Å². The number of nitrogens with zero attached hydrogens (tertiary/aromatic N) is 2. The minimum atomic E-state index is -2.65. The van der Waals surface area contributed by atoms with Gasteiger partial charge in [-0.15, -0.1) is 0 Å². The molecule has 2 aromatic rings. The molecule has 0 bridgehead atoms. The average Bonchev–Trinajstić information content (AvgIpc) is 2.35. The fourth-order valence-corrected chi connectivity index (χ4v) is 1.74. The van der Waals surface area contributed by atoms with Crippen LogP contribution in [0.3, 0.4) is 0 Å². The second-order valence-corrected chi connectivity index (χ2v) is 4.18. The van der Waals surface area contributed by atoms with Gasteiger partial charge in [0.1, 0.15) is 5.82 Å². The summed E-state index contributed by atoms with van der Waals surface area (Å²) >= 11 is 0. The molecule has 18 heavy (non-hydrogen) atoms. The molecule has 3 nitrogen and oxygen atoms in total. The van der Waals surface area contributed by atoms with E-state index in [4.69, 9.17) is 0 Å². The number of nitrogens with one attached hydrogen (secondary N) is 1. The number of aryl methyl sites for hydroxylation is 1. The second kappa shape index (κ2) is 5.25. The molecule has 0 amide bonds. The number of hydrogen-bond donors (Lipinski definition) is 1. The number of fused-ring (bicyclic) bond motifs is 1. The lowest BCUT2D eigenvalue weighted by molar-refractivity contribution is 0.141. The van der Waals surface area contributed by atoms with Gasteiger partial charge in [-0.1, -0.05) is 18.6 Å². The summed E-state index contributed by atoms with van der Waals surface area (Å²) in [5, 5.41) is 3.86. The largest absolute Gasteiger partial charge is 0.369 e. The van der Waals surface area contributed by atoms with Crippen molar-refractivity contribution in [3.8, 4) is 0 Å². The van der Waals surface area contributed by atoms with Crippen LogP contribution in [-0.2, 0) is 0 Å². The Hall–Kier alpha value is -1.78. The highest BCUT2D eigenvalue weighted by Gasteiger charge is 2.14. The van der Waals surface area contributed by atoms with Crippen molar-refractivity contribution in [1.82, 2.24) is 9.97 Å². The second-order valence-electron chi connectivity index (χ2n) is 4.18. The molecule has 0 fully saturated rings. The number of halogens is 2. The van der Waals surface area contributed by atoms with Crippen LogP contribution < -0.4 is 5.32 Å². The molecule has 1 aromatic carbocycles. The van der Waals surface area contributed by atoms with Crippen molar-refractivity contribution in [2.75, 3.05) is 11.9 Å². The molecule has 1 heterocycles. The molecule has 0 atom stereocenters. The van der Waals surface area contributed by atoms with E-state index in [1.807, 2.05) is 26.0 Å². The third kappa shape index (κ3) is 2.55. The molecule has 0 aliphatic carbocycles. The van der Waals surface area contributed by atoms with Crippen LogP contribution in [0.25, 0.3) is 10.9 Å². The summed E-state index contributed by atoms with van der Waals surface area (Å²) in [6.07, 6.45) is -1.75. The Morgan fingerprint density at radius 1 is 1.28 bits per heavy atom. The van der Waals surface area contributed by atoms with Crippen LogP contribution in [0, 0.1) is 6.92 Å². The van der Waals surface area contributed by atoms with Crippen LogP contribution in [0.1, 0.15) is 31.2 Å². The molecule has 0 saturated carbocycles. The first-order valence-corrected chi connectivity index (χ1v) is 5.92. The molecule has 0 spiro atoms. The summed E-state index contributed by atoms with van der Waals surface area (Å²) in [4.78, 5) is 7.79. The highest BCUT2D eigenvalue weighted by Crippen LogP contribution is 2.25. The van der Waals surface area contributed by atoms with Gasteiger partial charge in [-0.05, 0) is 25.5 Å². The van der Waals surface area contributed by atoms with E-state index >= 15 is 0 Å². The van der Waals surface area contributed by atoms with Gasteiger partial charge in [-0.2, -0.15) is 0 Å². The van der Waals surface area contributed by atoms with Gasteiger partial charge in [0.05, 0.1) is 5.52 Å². The smallest absolute Gasteiger partial charge is 0.297 e. The summed E-state index contributed by atoms with van der Waals surface area (Å²) in [7, 11) is 0. The Labute approximate surface area is 104 Å². The Morgan fingerprint density at radius 2 is 2.06 bits per heavy atom. The number of aromatic nitrogens is 2. The fourth-order valence-electron chi connectivity index (χ4n) is 1.74. The van der Waals surface area contributed by atoms with E-state index in [-0.39, 0.29) is 0 Å². The first-order chi connectivity index (χ1) is 8.61. The summed E-state index contributed by atoms with van der Waals surface area (Å²) < 4.78 is 25.4. The molecule has 0 aliphatic rings. The maximum atomic E-state index is 12.7. The third-order valence-corrected chi connectivity index (χ3v) is 2.61. The van der Waals surface area contributed by atoms with Crippen LogP contribution in [0.15, 0.2) is 18.2 Å². The molecule has 2 rings (SSSR count). The number of alkyl halides is 2. The SMILES string of the molecule is CCCNc1nc(C(F)F)nc2ccc(C)cc12. The zero-order valence-electron chi connectivity index (χ0n) is 10.4. The van der Waals surface area contributed by atoms with Crippen molar-refractivity contribution in [2.24, 2.45) is 0 Å². The molecule has 0 saturated heterocycles. The van der Waals surface area contributed by atoms with Gasteiger partial charge in [0.15, 0.2) is 5.82 Å². The van der Waals surface area contributed by atoms with Crippen molar-refractivity contribution in [1.29, 1.82) is 0 Å². The summed E-state index contributed by atoms with van der Waals surface area (Å²) in [6, 6.07) is 5.51. The maximum absolute atomic E-state index is 12.7. The molecular formula is C13H15F2N3. The maximum Gasteiger partial charge on any atom is 0.297 e. The van der Waals surface area contributed by atoms with Gasteiger partial charge in [0.25, 0.3) is 6.43 Å². The minimum absolute atomic E-state index is 0.426. The average molecular weight is 251 g/mol. The lowest BCUT2D eigenvalue weighted by Crippen LogP contribution is -2.06. The first-order valence-electron chi connectivity index (χ1n) is 5.92. The van der Waals surface area contributed by atoms with Crippen molar-refractivity contribution in [3.05, 3.63) is 29.6 Å². The van der Waals surface area contributed by atoms with E-state index in [2.05, 4.69) is 15.3 Å². The van der Waals surface area contributed by atoms with Crippen molar-refractivity contribution >= 4 is 16.7 Å². The molecule has 1 aromatic heterocycles. The van der Waals surface area contributed by atoms with E-state index in [9.17, 15) is 8.78 Å². The van der Waals surface area contributed by atoms with Crippen LogP contribution in [-0.4, -0.2) is 16.5 Å². The summed E-state index contributed by atoms with van der Waals surface area (Å²) in [5.74, 6) is 0.0609. The van der Waals surface area contributed by atoms with Crippen LogP contribution in [0.4, 0.5) is 14.6 Å². The van der Waals surface area contributed by atoms with Gasteiger partial charge in [0, 0.05) is 11.9 Å². The zero-order chi connectivity index (χ0) is 13.1. The lowest BCUT2D eigenvalue weighted by Gasteiger charge is -2.10. The predicted molar refractivity (Wildman–Crippen MR) is 68.0 cm³/mol. The van der Waals surface area contributed by atoms with Gasteiger partial charge in [-0.25, -0.2) is 18.7 Å². The third-order valence-electron chi connectivity index (χ3n) is 2.61. The monoisotopic (exact) mass is 251 g/mol. The van der Waals surface area contributed by atoms with E-state index in [0.29, 0.717) is 17.9 Å². The topological polar surface area (TPSA) is 37.8 Å². The van der Waals surface area contributed by atoms with Crippen molar-refractivity contribution < 1.29 is 8.78 Å². The highest BCUT2D eigenvalue weighted by atomic mass is 19.3.